The molecule has 17 heavy (non-hydrogen) atoms. The molecule has 94 valence electrons. The van der Waals surface area contributed by atoms with Crippen molar-refractivity contribution in [3.05, 3.63) is 23.8 Å². The van der Waals surface area contributed by atoms with Crippen LogP contribution in [-0.4, -0.2) is 20.9 Å². The van der Waals surface area contributed by atoms with Gasteiger partial charge in [0.1, 0.15) is 0 Å². The lowest BCUT2D eigenvalue weighted by atomic mass is 10.2. The van der Waals surface area contributed by atoms with E-state index in [4.69, 9.17) is 0 Å². The first-order valence-electron chi connectivity index (χ1n) is 5.24. The number of carbonyl (C=O) groups is 1. The van der Waals surface area contributed by atoms with E-state index in [0.717, 1.165) is 0 Å². The fourth-order valence-electron chi connectivity index (χ4n) is 1.41. The average Bonchev–Trinajstić information content (AvgIpc) is 2.20. The van der Waals surface area contributed by atoms with Crippen LogP contribution in [0.15, 0.2) is 23.1 Å². The van der Waals surface area contributed by atoms with E-state index >= 15 is 0 Å². The number of sulfonamides is 1. The number of nitrogens with one attached hydrogen (secondary N) is 2. The molecule has 0 aliphatic heterocycles. The van der Waals surface area contributed by atoms with Crippen LogP contribution in [0.25, 0.3) is 0 Å². The molecule has 1 aromatic carbocycles. The third-order valence-corrected chi connectivity index (χ3v) is 3.70. The molecule has 6 heteroatoms. The lowest BCUT2D eigenvalue weighted by molar-refractivity contribution is -0.114. The van der Waals surface area contributed by atoms with Crippen LogP contribution in [0.3, 0.4) is 0 Å². The second kappa shape index (κ2) is 5.29. The number of hydrogen-bond donors (Lipinski definition) is 2. The van der Waals surface area contributed by atoms with Gasteiger partial charge >= 0.3 is 0 Å². The Kier molecular flexibility index (Phi) is 4.25. The van der Waals surface area contributed by atoms with Gasteiger partial charge < -0.3 is 5.32 Å². The molecule has 0 atom stereocenters. The van der Waals surface area contributed by atoms with Crippen molar-refractivity contribution in [3.8, 4) is 0 Å². The Morgan fingerprint density at radius 3 is 2.47 bits per heavy atom. The number of hydrogen-bond acceptors (Lipinski definition) is 3. The summed E-state index contributed by atoms with van der Waals surface area (Å²) in [5.41, 5.74) is 1.33. The average molecular weight is 256 g/mol. The number of amides is 1. The minimum absolute atomic E-state index is 0.185. The first-order chi connectivity index (χ1) is 7.86. The minimum Gasteiger partial charge on any atom is -0.326 e. The van der Waals surface area contributed by atoms with E-state index in [0.29, 0.717) is 17.8 Å². The highest BCUT2D eigenvalue weighted by atomic mass is 32.2. The number of carbonyl (C=O) groups excluding carboxylic acids is 1. The lowest BCUT2D eigenvalue weighted by Gasteiger charge is -2.09. The zero-order chi connectivity index (χ0) is 13.1. The van der Waals surface area contributed by atoms with E-state index in [2.05, 4.69) is 10.0 Å². The zero-order valence-corrected chi connectivity index (χ0v) is 10.9. The molecular formula is C11H16N2O3S. The maximum absolute atomic E-state index is 11.7. The minimum atomic E-state index is -3.44. The molecule has 0 fully saturated rings. The van der Waals surface area contributed by atoms with Crippen molar-refractivity contribution < 1.29 is 13.2 Å². The highest BCUT2D eigenvalue weighted by molar-refractivity contribution is 7.89. The van der Waals surface area contributed by atoms with E-state index in [1.54, 1.807) is 19.9 Å². The van der Waals surface area contributed by atoms with Crippen LogP contribution < -0.4 is 10.0 Å². The molecule has 5 nitrogen and oxygen atoms in total. The largest absolute Gasteiger partial charge is 0.326 e. The molecule has 0 aromatic heterocycles. The summed E-state index contributed by atoms with van der Waals surface area (Å²) in [4.78, 5) is 11.1. The number of aryl methyl sites for hydroxylation is 1. The predicted octanol–water partition coefficient (Wildman–Crippen LogP) is 1.25. The van der Waals surface area contributed by atoms with Gasteiger partial charge in [0.05, 0.1) is 4.90 Å². The topological polar surface area (TPSA) is 75.3 Å². The summed E-state index contributed by atoms with van der Waals surface area (Å²) in [6.45, 7) is 5.21. The molecule has 1 aromatic rings. The van der Waals surface area contributed by atoms with Crippen molar-refractivity contribution in [2.45, 2.75) is 25.7 Å². The fourth-order valence-corrected chi connectivity index (χ4v) is 2.53. The lowest BCUT2D eigenvalue weighted by Crippen LogP contribution is -2.23. The molecular weight excluding hydrogens is 240 g/mol. The summed E-state index contributed by atoms with van der Waals surface area (Å²) in [6.07, 6.45) is 0. The molecule has 0 spiro atoms. The summed E-state index contributed by atoms with van der Waals surface area (Å²) in [6, 6.07) is 4.58. The van der Waals surface area contributed by atoms with Crippen LogP contribution >= 0.6 is 0 Å². The summed E-state index contributed by atoms with van der Waals surface area (Å²) in [7, 11) is -3.44. The molecule has 0 unspecified atom stereocenters. The van der Waals surface area contributed by atoms with Gasteiger partial charge in [-0.15, -0.1) is 0 Å². The Hall–Kier alpha value is -1.40. The number of rotatable bonds is 4. The van der Waals surface area contributed by atoms with Crippen LogP contribution in [0.1, 0.15) is 19.4 Å². The molecule has 0 saturated carbocycles. The standard InChI is InChI=1S/C11H16N2O3S/c1-4-12-17(15,16)10-5-6-11(8(2)7-10)13-9(3)14/h5-7,12H,4H2,1-3H3,(H,13,14). The van der Waals surface area contributed by atoms with Crippen molar-refractivity contribution in [2.24, 2.45) is 0 Å². The monoisotopic (exact) mass is 256 g/mol. The molecule has 2 N–H and O–H groups in total. The summed E-state index contributed by atoms with van der Waals surface area (Å²) in [5, 5.41) is 2.63. The van der Waals surface area contributed by atoms with Crippen LogP contribution in [0, 0.1) is 6.92 Å². The van der Waals surface area contributed by atoms with Gasteiger partial charge in [-0.05, 0) is 30.7 Å². The van der Waals surface area contributed by atoms with Gasteiger partial charge in [0.25, 0.3) is 0 Å². The van der Waals surface area contributed by atoms with Gasteiger partial charge in [0.2, 0.25) is 15.9 Å². The van der Waals surface area contributed by atoms with Crippen LogP contribution in [0.4, 0.5) is 5.69 Å². The molecule has 1 rings (SSSR count). The Bertz CT molecular complexity index is 524. The van der Waals surface area contributed by atoms with Gasteiger partial charge in [-0.3, -0.25) is 4.79 Å². The van der Waals surface area contributed by atoms with Crippen molar-refractivity contribution in [1.82, 2.24) is 4.72 Å². The Balaban J connectivity index is 3.08. The van der Waals surface area contributed by atoms with E-state index in [1.807, 2.05) is 0 Å². The summed E-state index contributed by atoms with van der Waals surface area (Å²) in [5.74, 6) is -0.185. The van der Waals surface area contributed by atoms with E-state index in [-0.39, 0.29) is 10.8 Å². The molecule has 0 aliphatic rings. The summed E-state index contributed by atoms with van der Waals surface area (Å²) >= 11 is 0. The third kappa shape index (κ3) is 3.54. The molecule has 0 bridgehead atoms. The number of anilines is 1. The SMILES string of the molecule is CCNS(=O)(=O)c1ccc(NC(C)=O)c(C)c1. The normalized spacial score (nSPS) is 11.2. The summed E-state index contributed by atoms with van der Waals surface area (Å²) < 4.78 is 25.8. The first kappa shape index (κ1) is 13.7. The van der Waals surface area contributed by atoms with Crippen LogP contribution in [-0.2, 0) is 14.8 Å². The Morgan fingerprint density at radius 2 is 2.00 bits per heavy atom. The Labute approximate surface area is 101 Å². The van der Waals surface area contributed by atoms with Gasteiger partial charge in [-0.1, -0.05) is 6.92 Å². The molecule has 1 amide bonds. The van der Waals surface area contributed by atoms with Crippen molar-refractivity contribution in [1.29, 1.82) is 0 Å². The fraction of sp³-hybridized carbons (Fsp3) is 0.364. The second-order valence-electron chi connectivity index (χ2n) is 3.66. The highest BCUT2D eigenvalue weighted by Crippen LogP contribution is 2.19. The van der Waals surface area contributed by atoms with Crippen LogP contribution in [0.5, 0.6) is 0 Å². The van der Waals surface area contributed by atoms with Crippen LogP contribution in [0.2, 0.25) is 0 Å². The molecule has 0 radical (unpaired) electrons. The molecule has 0 saturated heterocycles. The van der Waals surface area contributed by atoms with Gasteiger partial charge in [-0.2, -0.15) is 0 Å². The van der Waals surface area contributed by atoms with E-state index < -0.39 is 10.0 Å². The first-order valence-corrected chi connectivity index (χ1v) is 6.73. The predicted molar refractivity (Wildman–Crippen MR) is 66.3 cm³/mol. The van der Waals surface area contributed by atoms with Gasteiger partial charge in [-0.25, -0.2) is 13.1 Å². The second-order valence-corrected chi connectivity index (χ2v) is 5.43. The van der Waals surface area contributed by atoms with Crippen molar-refractivity contribution >= 4 is 21.6 Å². The van der Waals surface area contributed by atoms with Crippen molar-refractivity contribution in [2.75, 3.05) is 11.9 Å². The number of benzene rings is 1. The van der Waals surface area contributed by atoms with Crippen molar-refractivity contribution in [3.63, 3.8) is 0 Å². The van der Waals surface area contributed by atoms with Gasteiger partial charge in [0.15, 0.2) is 0 Å². The maximum atomic E-state index is 11.7. The molecule has 0 aliphatic carbocycles. The Morgan fingerprint density at radius 1 is 1.35 bits per heavy atom. The quantitative estimate of drug-likeness (QED) is 0.851. The van der Waals surface area contributed by atoms with Gasteiger partial charge in [0, 0.05) is 19.2 Å². The molecule has 0 heterocycles. The van der Waals surface area contributed by atoms with E-state index in [9.17, 15) is 13.2 Å². The highest BCUT2D eigenvalue weighted by Gasteiger charge is 2.13. The third-order valence-electron chi connectivity index (χ3n) is 2.15. The smallest absolute Gasteiger partial charge is 0.240 e. The maximum Gasteiger partial charge on any atom is 0.240 e. The van der Waals surface area contributed by atoms with E-state index in [1.165, 1.54) is 19.1 Å². The zero-order valence-electron chi connectivity index (χ0n) is 10.1.